The molecule has 0 spiro atoms. The first-order valence-electron chi connectivity index (χ1n) is 16.1. The SMILES string of the molecule is CC(C)C(NC(=O)c1ccc2c3ccc(C(N)=O)c4c(C(N)=O)ccc(c5ccc(C(=O)NC(C(C)C)C(C)C)c1c25)c43)C(C)C. The van der Waals surface area contributed by atoms with Crippen molar-refractivity contribution in [1.82, 2.24) is 10.6 Å². The van der Waals surface area contributed by atoms with Crippen LogP contribution in [0.5, 0.6) is 0 Å². The van der Waals surface area contributed by atoms with Gasteiger partial charge in [0.05, 0.1) is 0 Å². The second-order valence-electron chi connectivity index (χ2n) is 13.8. The van der Waals surface area contributed by atoms with E-state index in [0.717, 1.165) is 26.9 Å². The number of carbonyl (C=O) groups is 4. The number of nitrogens with one attached hydrogen (secondary N) is 2. The van der Waals surface area contributed by atoms with Crippen LogP contribution in [0.15, 0.2) is 48.5 Å². The highest BCUT2D eigenvalue weighted by Gasteiger charge is 2.28. The summed E-state index contributed by atoms with van der Waals surface area (Å²) < 4.78 is 0. The zero-order chi connectivity index (χ0) is 33.8. The van der Waals surface area contributed by atoms with Crippen LogP contribution < -0.4 is 22.1 Å². The van der Waals surface area contributed by atoms with Gasteiger partial charge in [-0.2, -0.15) is 0 Å². The fourth-order valence-electron chi connectivity index (χ4n) is 7.34. The van der Waals surface area contributed by atoms with Crippen molar-refractivity contribution in [2.75, 3.05) is 0 Å². The van der Waals surface area contributed by atoms with Crippen LogP contribution in [0.4, 0.5) is 0 Å². The molecule has 0 unspecified atom stereocenters. The van der Waals surface area contributed by atoms with Crippen molar-refractivity contribution in [2.45, 2.75) is 67.5 Å². The third-order valence-electron chi connectivity index (χ3n) is 9.39. The zero-order valence-corrected chi connectivity index (χ0v) is 27.9. The van der Waals surface area contributed by atoms with Crippen molar-refractivity contribution in [1.29, 1.82) is 0 Å². The van der Waals surface area contributed by atoms with Gasteiger partial charge in [0, 0.05) is 45.1 Å². The van der Waals surface area contributed by atoms with Gasteiger partial charge >= 0.3 is 0 Å². The van der Waals surface area contributed by atoms with Crippen LogP contribution in [-0.2, 0) is 0 Å². The Bertz CT molecular complexity index is 1870. The lowest BCUT2D eigenvalue weighted by atomic mass is 9.83. The molecule has 0 aliphatic carbocycles. The highest BCUT2D eigenvalue weighted by Crippen LogP contribution is 2.44. The van der Waals surface area contributed by atoms with Gasteiger partial charge in [0.2, 0.25) is 11.8 Å². The fraction of sp³-hybridized carbons (Fsp3) is 0.368. The molecule has 8 heteroatoms. The summed E-state index contributed by atoms with van der Waals surface area (Å²) >= 11 is 0. The number of benzene rings is 5. The van der Waals surface area contributed by atoms with Gasteiger partial charge in [0.15, 0.2) is 0 Å². The molecule has 0 atom stereocenters. The van der Waals surface area contributed by atoms with Gasteiger partial charge in [-0.3, -0.25) is 19.2 Å². The molecule has 46 heavy (non-hydrogen) atoms. The second kappa shape index (κ2) is 12.2. The molecule has 8 nitrogen and oxygen atoms in total. The summed E-state index contributed by atoms with van der Waals surface area (Å²) in [5.41, 5.74) is 12.7. The van der Waals surface area contributed by atoms with Crippen LogP contribution in [-0.4, -0.2) is 35.7 Å². The van der Waals surface area contributed by atoms with E-state index in [1.165, 1.54) is 0 Å². The lowest BCUT2D eigenvalue weighted by molar-refractivity contribution is 0.0910. The molecule has 0 saturated carbocycles. The maximum atomic E-state index is 14.2. The normalized spacial score (nSPS) is 12.3. The van der Waals surface area contributed by atoms with Gasteiger partial charge < -0.3 is 22.1 Å². The van der Waals surface area contributed by atoms with E-state index in [1.54, 1.807) is 24.3 Å². The average molecular weight is 621 g/mol. The van der Waals surface area contributed by atoms with Crippen LogP contribution in [0.25, 0.3) is 43.1 Å². The minimum Gasteiger partial charge on any atom is -0.366 e. The van der Waals surface area contributed by atoms with Gasteiger partial charge in [-0.25, -0.2) is 0 Å². The molecular formula is C38H44N4O4. The number of rotatable bonds is 10. The lowest BCUT2D eigenvalue weighted by Crippen LogP contribution is -2.43. The van der Waals surface area contributed by atoms with Gasteiger partial charge in [-0.05, 0) is 80.3 Å². The Balaban J connectivity index is 1.91. The van der Waals surface area contributed by atoms with Crippen molar-refractivity contribution in [3.05, 3.63) is 70.8 Å². The first-order valence-corrected chi connectivity index (χ1v) is 16.1. The quantitative estimate of drug-likeness (QED) is 0.101. The van der Waals surface area contributed by atoms with Gasteiger partial charge in [-0.1, -0.05) is 79.7 Å². The topological polar surface area (TPSA) is 144 Å². The van der Waals surface area contributed by atoms with Crippen molar-refractivity contribution < 1.29 is 19.2 Å². The van der Waals surface area contributed by atoms with E-state index < -0.39 is 11.8 Å². The monoisotopic (exact) mass is 620 g/mol. The highest BCUT2D eigenvalue weighted by molar-refractivity contribution is 6.38. The molecule has 5 rings (SSSR count). The van der Waals surface area contributed by atoms with Crippen molar-refractivity contribution in [3.63, 3.8) is 0 Å². The Kier molecular flexibility index (Phi) is 8.69. The summed E-state index contributed by atoms with van der Waals surface area (Å²) in [6.45, 7) is 16.6. The van der Waals surface area contributed by atoms with Crippen molar-refractivity contribution >= 4 is 66.7 Å². The Hall–Kier alpha value is -4.72. The molecule has 0 fully saturated rings. The summed E-state index contributed by atoms with van der Waals surface area (Å²) in [5.74, 6) is -1.04. The maximum Gasteiger partial charge on any atom is 0.252 e. The average Bonchev–Trinajstić information content (AvgIpc) is 2.99. The number of amides is 4. The fourth-order valence-corrected chi connectivity index (χ4v) is 7.34. The van der Waals surface area contributed by atoms with Crippen LogP contribution in [0.3, 0.4) is 0 Å². The molecule has 5 aromatic rings. The standard InChI is InChI=1S/C38H44N4O4/c1-17(2)33(18(3)4)41-37(45)27-15-11-23-21-9-13-25(35(39)43)31-26(36(40)44)14-10-22(29(21)31)24-12-16-28(32(27)30(23)24)38(46)42-34(19(5)6)20(7)8/h9-20,33-34H,1-8H3,(H2,39,43)(H2,40,44)(H,41,45)(H,42,46). The lowest BCUT2D eigenvalue weighted by Gasteiger charge is -2.28. The predicted molar refractivity (Wildman–Crippen MR) is 187 cm³/mol. The molecule has 240 valence electrons. The van der Waals surface area contributed by atoms with Gasteiger partial charge in [0.1, 0.15) is 0 Å². The number of hydrogen-bond donors (Lipinski definition) is 4. The number of hydrogen-bond acceptors (Lipinski definition) is 4. The highest BCUT2D eigenvalue weighted by atomic mass is 16.2. The summed E-state index contributed by atoms with van der Waals surface area (Å²) in [6, 6.07) is 14.0. The Morgan fingerprint density at radius 3 is 0.957 bits per heavy atom. The molecule has 0 aliphatic heterocycles. The molecule has 0 saturated heterocycles. The first kappa shape index (κ1) is 32.7. The van der Waals surface area contributed by atoms with E-state index in [-0.39, 0.29) is 58.7 Å². The van der Waals surface area contributed by atoms with Crippen LogP contribution >= 0.6 is 0 Å². The number of fused-ring (bicyclic) bond motifs is 2. The van der Waals surface area contributed by atoms with Gasteiger partial charge in [0.25, 0.3) is 11.8 Å². The van der Waals surface area contributed by atoms with Crippen LogP contribution in [0, 0.1) is 23.7 Å². The molecule has 0 aliphatic rings. The minimum atomic E-state index is -0.670. The van der Waals surface area contributed by atoms with E-state index in [1.807, 2.05) is 24.3 Å². The van der Waals surface area contributed by atoms with Crippen molar-refractivity contribution in [2.24, 2.45) is 35.1 Å². The third-order valence-corrected chi connectivity index (χ3v) is 9.39. The molecule has 0 heterocycles. The Morgan fingerprint density at radius 2 is 0.696 bits per heavy atom. The predicted octanol–water partition coefficient (Wildman–Crippen LogP) is 6.76. The second-order valence-corrected chi connectivity index (χ2v) is 13.8. The number of primary amides is 2. The number of nitrogens with two attached hydrogens (primary N) is 2. The first-order chi connectivity index (χ1) is 21.6. The Labute approximate surface area is 269 Å². The molecule has 0 bridgehead atoms. The Morgan fingerprint density at radius 1 is 0.435 bits per heavy atom. The van der Waals surface area contributed by atoms with Crippen LogP contribution in [0.2, 0.25) is 0 Å². The van der Waals surface area contributed by atoms with E-state index in [9.17, 15) is 19.2 Å². The van der Waals surface area contributed by atoms with E-state index in [2.05, 4.69) is 66.0 Å². The molecule has 0 aromatic heterocycles. The third kappa shape index (κ3) is 5.40. The summed E-state index contributed by atoms with van der Waals surface area (Å²) in [6.07, 6.45) is 0. The van der Waals surface area contributed by atoms with E-state index in [0.29, 0.717) is 27.3 Å². The van der Waals surface area contributed by atoms with E-state index in [4.69, 9.17) is 11.5 Å². The van der Waals surface area contributed by atoms with Crippen LogP contribution in [0.1, 0.15) is 96.8 Å². The zero-order valence-electron chi connectivity index (χ0n) is 27.9. The molecule has 6 N–H and O–H groups in total. The van der Waals surface area contributed by atoms with Gasteiger partial charge in [-0.15, -0.1) is 0 Å². The summed E-state index contributed by atoms with van der Waals surface area (Å²) in [7, 11) is 0. The minimum absolute atomic E-state index is 0.0734. The molecular weight excluding hydrogens is 576 g/mol. The van der Waals surface area contributed by atoms with Crippen molar-refractivity contribution in [3.8, 4) is 0 Å². The summed E-state index contributed by atoms with van der Waals surface area (Å²) in [4.78, 5) is 53.4. The maximum absolute atomic E-state index is 14.2. The summed E-state index contributed by atoms with van der Waals surface area (Å²) in [5, 5.41) is 11.9. The largest absolute Gasteiger partial charge is 0.366 e. The molecule has 4 amide bonds. The smallest absolute Gasteiger partial charge is 0.252 e. The van der Waals surface area contributed by atoms with E-state index >= 15 is 0 Å². The molecule has 5 aromatic carbocycles. The molecule has 0 radical (unpaired) electrons. The number of carbonyl (C=O) groups excluding carboxylic acids is 4.